The van der Waals surface area contributed by atoms with Gasteiger partial charge >= 0.3 is 0 Å². The van der Waals surface area contributed by atoms with E-state index in [1.807, 2.05) is 52.3 Å². The molecule has 0 radical (unpaired) electrons. The van der Waals surface area contributed by atoms with Gasteiger partial charge in [-0.2, -0.15) is 0 Å². The molecule has 1 spiro atoms. The predicted octanol–water partition coefficient (Wildman–Crippen LogP) is 4.15. The van der Waals surface area contributed by atoms with Crippen LogP contribution in [-0.2, 0) is 11.2 Å². The van der Waals surface area contributed by atoms with Crippen molar-refractivity contribution in [3.05, 3.63) is 59.9 Å². The van der Waals surface area contributed by atoms with E-state index in [4.69, 9.17) is 13.9 Å². The lowest BCUT2D eigenvalue weighted by atomic mass is 9.77. The zero-order valence-electron chi connectivity index (χ0n) is 19.7. The zero-order chi connectivity index (χ0) is 23.7. The van der Waals surface area contributed by atoms with Gasteiger partial charge in [0.05, 0.1) is 20.6 Å². The Bertz CT molecular complexity index is 1210. The van der Waals surface area contributed by atoms with Crippen LogP contribution in [0.5, 0.6) is 11.5 Å². The van der Waals surface area contributed by atoms with E-state index in [1.165, 1.54) is 0 Å². The molecular weight excluding hydrogens is 432 g/mol. The van der Waals surface area contributed by atoms with Crippen molar-refractivity contribution in [1.29, 1.82) is 0 Å². The molecule has 0 unspecified atom stereocenters. The number of para-hydroxylation sites is 1. The second-order valence-electron chi connectivity index (χ2n) is 9.38. The predicted molar refractivity (Wildman–Crippen MR) is 128 cm³/mol. The molecule has 2 aliphatic heterocycles. The molecule has 178 valence electrons. The van der Waals surface area contributed by atoms with Gasteiger partial charge in [0.1, 0.15) is 5.75 Å². The van der Waals surface area contributed by atoms with E-state index in [2.05, 4.69) is 0 Å². The number of likely N-dealkylation sites (tertiary alicyclic amines) is 2. The summed E-state index contributed by atoms with van der Waals surface area (Å²) in [5.41, 5.74) is 1.64. The van der Waals surface area contributed by atoms with Gasteiger partial charge in [0.2, 0.25) is 5.91 Å². The van der Waals surface area contributed by atoms with Crippen molar-refractivity contribution in [2.45, 2.75) is 25.7 Å². The molecular formula is C27H30N2O5. The lowest BCUT2D eigenvalue weighted by molar-refractivity contribution is -0.132. The Hall–Kier alpha value is -3.48. The van der Waals surface area contributed by atoms with Crippen molar-refractivity contribution in [2.75, 3.05) is 40.4 Å². The Labute approximate surface area is 199 Å². The van der Waals surface area contributed by atoms with Crippen LogP contribution in [0.4, 0.5) is 0 Å². The number of nitrogens with zero attached hydrogens (tertiary/aromatic N) is 2. The van der Waals surface area contributed by atoms with Gasteiger partial charge in [-0.25, -0.2) is 0 Å². The van der Waals surface area contributed by atoms with Crippen LogP contribution >= 0.6 is 0 Å². The SMILES string of the molecule is COc1cccc(CC(=O)N2CCC3(CC2)CCN(C(=O)c2cc4cccc(OC)c4o2)C3)c1. The van der Waals surface area contributed by atoms with E-state index in [1.54, 1.807) is 20.3 Å². The minimum Gasteiger partial charge on any atom is -0.497 e. The summed E-state index contributed by atoms with van der Waals surface area (Å²) >= 11 is 0. The molecule has 3 aromatic rings. The number of piperidine rings is 1. The Balaban J connectivity index is 1.20. The number of benzene rings is 2. The third kappa shape index (κ3) is 4.22. The number of rotatable bonds is 5. The summed E-state index contributed by atoms with van der Waals surface area (Å²) in [7, 11) is 3.22. The maximum atomic E-state index is 13.2. The van der Waals surface area contributed by atoms with Crippen LogP contribution in [0.2, 0.25) is 0 Å². The molecule has 0 aliphatic carbocycles. The van der Waals surface area contributed by atoms with Crippen LogP contribution in [0, 0.1) is 5.41 Å². The van der Waals surface area contributed by atoms with Crippen LogP contribution in [0.3, 0.4) is 0 Å². The normalized spacial score (nSPS) is 17.4. The summed E-state index contributed by atoms with van der Waals surface area (Å²) in [5, 5.41) is 0.861. The van der Waals surface area contributed by atoms with Crippen LogP contribution in [0.25, 0.3) is 11.0 Å². The first-order valence-corrected chi connectivity index (χ1v) is 11.8. The summed E-state index contributed by atoms with van der Waals surface area (Å²) in [6.07, 6.45) is 3.16. The highest BCUT2D eigenvalue weighted by Crippen LogP contribution is 2.41. The first kappa shape index (κ1) is 22.3. The zero-order valence-corrected chi connectivity index (χ0v) is 19.7. The molecule has 7 heteroatoms. The first-order chi connectivity index (χ1) is 16.5. The van der Waals surface area contributed by atoms with E-state index in [0.717, 1.165) is 49.1 Å². The lowest BCUT2D eigenvalue weighted by Gasteiger charge is -2.39. The summed E-state index contributed by atoms with van der Waals surface area (Å²) in [6.45, 7) is 2.88. The maximum Gasteiger partial charge on any atom is 0.289 e. The fourth-order valence-corrected chi connectivity index (χ4v) is 5.27. The highest BCUT2D eigenvalue weighted by molar-refractivity contribution is 5.97. The fourth-order valence-electron chi connectivity index (χ4n) is 5.27. The van der Waals surface area contributed by atoms with Crippen LogP contribution in [0.15, 0.2) is 52.9 Å². The van der Waals surface area contributed by atoms with E-state index in [9.17, 15) is 9.59 Å². The molecule has 7 nitrogen and oxygen atoms in total. The monoisotopic (exact) mass is 462 g/mol. The van der Waals surface area contributed by atoms with Crippen LogP contribution in [-0.4, -0.2) is 62.0 Å². The highest BCUT2D eigenvalue weighted by atomic mass is 16.5. The van der Waals surface area contributed by atoms with Gasteiger partial charge in [-0.3, -0.25) is 9.59 Å². The summed E-state index contributed by atoms with van der Waals surface area (Å²) < 4.78 is 16.5. The number of carbonyl (C=O) groups excluding carboxylic acids is 2. The maximum absolute atomic E-state index is 13.2. The molecule has 1 aromatic heterocycles. The number of carbonyl (C=O) groups is 2. The van der Waals surface area contributed by atoms with E-state index < -0.39 is 0 Å². The van der Waals surface area contributed by atoms with E-state index in [-0.39, 0.29) is 17.2 Å². The Kier molecular flexibility index (Phi) is 5.94. The van der Waals surface area contributed by atoms with Crippen LogP contribution < -0.4 is 9.47 Å². The molecule has 2 aromatic carbocycles. The Morgan fingerprint density at radius 3 is 2.41 bits per heavy atom. The van der Waals surface area contributed by atoms with Crippen molar-refractivity contribution in [1.82, 2.24) is 9.80 Å². The number of furan rings is 1. The molecule has 34 heavy (non-hydrogen) atoms. The second kappa shape index (κ2) is 9.05. The first-order valence-electron chi connectivity index (χ1n) is 11.8. The fraction of sp³-hybridized carbons (Fsp3) is 0.407. The minimum atomic E-state index is -0.0772. The highest BCUT2D eigenvalue weighted by Gasteiger charge is 2.43. The number of hydrogen-bond acceptors (Lipinski definition) is 5. The van der Waals surface area contributed by atoms with Crippen molar-refractivity contribution in [3.8, 4) is 11.5 Å². The van der Waals surface area contributed by atoms with Gasteiger partial charge in [-0.05, 0) is 54.5 Å². The quantitative estimate of drug-likeness (QED) is 0.570. The number of hydrogen-bond donors (Lipinski definition) is 0. The van der Waals surface area contributed by atoms with Gasteiger partial charge in [0.25, 0.3) is 5.91 Å². The topological polar surface area (TPSA) is 72.2 Å². The number of fused-ring (bicyclic) bond motifs is 1. The summed E-state index contributed by atoms with van der Waals surface area (Å²) in [6, 6.07) is 15.1. The van der Waals surface area contributed by atoms with Crippen molar-refractivity contribution in [3.63, 3.8) is 0 Å². The lowest BCUT2D eigenvalue weighted by Crippen LogP contribution is -2.45. The standard InChI is InChI=1S/C27H30N2O5/c1-32-21-7-3-5-19(15-21)16-24(30)28-12-9-27(10-13-28)11-14-29(18-27)26(31)23-17-20-6-4-8-22(33-2)25(20)34-23/h3-8,15,17H,9-14,16,18H2,1-2H3. The Morgan fingerprint density at radius 1 is 0.941 bits per heavy atom. The minimum absolute atomic E-state index is 0.0755. The average Bonchev–Trinajstić information content (AvgIpc) is 3.49. The van der Waals surface area contributed by atoms with E-state index in [0.29, 0.717) is 36.6 Å². The number of amides is 2. The largest absolute Gasteiger partial charge is 0.497 e. The van der Waals surface area contributed by atoms with E-state index >= 15 is 0 Å². The van der Waals surface area contributed by atoms with Gasteiger partial charge < -0.3 is 23.7 Å². The van der Waals surface area contributed by atoms with Gasteiger partial charge in [-0.15, -0.1) is 0 Å². The van der Waals surface area contributed by atoms with Crippen molar-refractivity contribution in [2.24, 2.45) is 5.41 Å². The molecule has 0 bridgehead atoms. The molecule has 2 aliphatic rings. The van der Waals surface area contributed by atoms with Gasteiger partial charge in [0.15, 0.2) is 17.1 Å². The second-order valence-corrected chi connectivity index (χ2v) is 9.38. The van der Waals surface area contributed by atoms with Crippen molar-refractivity contribution >= 4 is 22.8 Å². The third-order valence-electron chi connectivity index (χ3n) is 7.33. The smallest absolute Gasteiger partial charge is 0.289 e. The summed E-state index contributed by atoms with van der Waals surface area (Å²) in [4.78, 5) is 29.9. The molecule has 5 rings (SSSR count). The van der Waals surface area contributed by atoms with Crippen molar-refractivity contribution < 1.29 is 23.5 Å². The average molecular weight is 463 g/mol. The molecule has 2 saturated heterocycles. The van der Waals surface area contributed by atoms with Gasteiger partial charge in [0, 0.05) is 31.6 Å². The molecule has 2 fully saturated rings. The molecule has 0 saturated carbocycles. The number of methoxy groups -OCH3 is 2. The molecule has 2 amide bonds. The Morgan fingerprint density at radius 2 is 1.68 bits per heavy atom. The van der Waals surface area contributed by atoms with Crippen LogP contribution in [0.1, 0.15) is 35.4 Å². The molecule has 0 N–H and O–H groups in total. The third-order valence-corrected chi connectivity index (χ3v) is 7.33. The van der Waals surface area contributed by atoms with Gasteiger partial charge in [-0.1, -0.05) is 24.3 Å². The molecule has 0 atom stereocenters. The number of ether oxygens (including phenoxy) is 2. The molecule has 3 heterocycles. The summed E-state index contributed by atoms with van der Waals surface area (Å²) in [5.74, 6) is 1.81.